The minimum absolute atomic E-state index is 0.0516. The molecule has 1 aliphatic carbocycles. The molecule has 1 unspecified atom stereocenters. The van der Waals surface area contributed by atoms with Crippen LogP contribution in [0, 0.1) is 0 Å². The molecule has 1 atom stereocenters. The largest absolute Gasteiger partial charge is 0.394 e. The van der Waals surface area contributed by atoms with Crippen molar-refractivity contribution in [3.8, 4) is 0 Å². The Kier molecular flexibility index (Phi) is 3.69. The Morgan fingerprint density at radius 2 is 2.12 bits per heavy atom. The molecule has 0 saturated carbocycles. The minimum atomic E-state index is -0.541. The van der Waals surface area contributed by atoms with Crippen LogP contribution >= 0.6 is 11.6 Å². The van der Waals surface area contributed by atoms with Crippen molar-refractivity contribution in [2.45, 2.75) is 24.8 Å². The van der Waals surface area contributed by atoms with Gasteiger partial charge in [-0.15, -0.1) is 11.6 Å². The Hall–Kier alpha value is -1.06. The molecule has 0 radical (unpaired) electrons. The fraction of sp³-hybridized carbons (Fsp3) is 0.462. The quantitative estimate of drug-likeness (QED) is 0.797. The van der Waals surface area contributed by atoms with E-state index in [0.29, 0.717) is 6.42 Å². The van der Waals surface area contributed by atoms with E-state index in [1.165, 1.54) is 11.1 Å². The lowest BCUT2D eigenvalue weighted by atomic mass is 9.78. The number of aliphatic hydroxyl groups excluding tert-OH is 1. The fourth-order valence-corrected chi connectivity index (χ4v) is 2.48. The molecule has 92 valence electrons. The Balaban J connectivity index is 2.20. The summed E-state index contributed by atoms with van der Waals surface area (Å²) in [6.45, 7) is -0.0516. The molecule has 2 rings (SSSR count). The zero-order valence-corrected chi connectivity index (χ0v) is 10.3. The van der Waals surface area contributed by atoms with Gasteiger partial charge in [-0.3, -0.25) is 4.79 Å². The monoisotopic (exact) mass is 253 g/mol. The molecular formula is C13H16ClNO2. The van der Waals surface area contributed by atoms with Crippen molar-refractivity contribution >= 4 is 17.5 Å². The van der Waals surface area contributed by atoms with Gasteiger partial charge in [0.2, 0.25) is 5.91 Å². The van der Waals surface area contributed by atoms with E-state index in [0.717, 1.165) is 12.8 Å². The highest BCUT2D eigenvalue weighted by Crippen LogP contribution is 2.28. The minimum Gasteiger partial charge on any atom is -0.394 e. The Bertz CT molecular complexity index is 422. The van der Waals surface area contributed by atoms with Crippen LogP contribution in [-0.2, 0) is 17.6 Å². The Morgan fingerprint density at radius 3 is 2.76 bits per heavy atom. The third-order valence-corrected chi connectivity index (χ3v) is 3.59. The predicted molar refractivity (Wildman–Crippen MR) is 67.1 cm³/mol. The first-order chi connectivity index (χ1) is 8.19. The number of carbonyl (C=O) groups is 1. The van der Waals surface area contributed by atoms with Gasteiger partial charge in [0.05, 0.1) is 12.1 Å². The normalized spacial score (nSPS) is 22.9. The summed E-state index contributed by atoms with van der Waals surface area (Å²) in [5, 5.41) is 12.4. The molecule has 4 heteroatoms. The zero-order chi connectivity index (χ0) is 12.3. The van der Waals surface area contributed by atoms with Crippen molar-refractivity contribution in [2.24, 2.45) is 0 Å². The summed E-state index contributed by atoms with van der Waals surface area (Å²) in [5.74, 6) is -0.288. The van der Waals surface area contributed by atoms with E-state index in [1.54, 1.807) is 0 Å². The average molecular weight is 254 g/mol. The molecule has 0 heterocycles. The molecule has 1 aromatic rings. The molecule has 0 saturated heterocycles. The number of fused-ring (bicyclic) bond motifs is 1. The van der Waals surface area contributed by atoms with Crippen LogP contribution in [0.1, 0.15) is 17.5 Å². The van der Waals surface area contributed by atoms with Gasteiger partial charge in [-0.2, -0.15) is 0 Å². The third kappa shape index (κ3) is 2.61. The van der Waals surface area contributed by atoms with Gasteiger partial charge in [-0.25, -0.2) is 0 Å². The van der Waals surface area contributed by atoms with Crippen LogP contribution in [0.5, 0.6) is 0 Å². The number of benzene rings is 1. The standard InChI is InChI=1S/C13H16ClNO2/c14-8-12(17)15-13(9-16)6-5-10-3-1-2-4-11(10)7-13/h1-4,16H,5-9H2,(H,15,17). The van der Waals surface area contributed by atoms with E-state index >= 15 is 0 Å². The van der Waals surface area contributed by atoms with Crippen molar-refractivity contribution in [3.05, 3.63) is 35.4 Å². The number of hydrogen-bond donors (Lipinski definition) is 2. The van der Waals surface area contributed by atoms with Crippen LogP contribution in [0.4, 0.5) is 0 Å². The maximum atomic E-state index is 11.4. The highest BCUT2D eigenvalue weighted by molar-refractivity contribution is 6.27. The summed E-state index contributed by atoms with van der Waals surface area (Å²) in [6.07, 6.45) is 2.30. The Labute approximate surface area is 106 Å². The van der Waals surface area contributed by atoms with Gasteiger partial charge in [0, 0.05) is 0 Å². The van der Waals surface area contributed by atoms with Crippen molar-refractivity contribution in [1.82, 2.24) is 5.32 Å². The van der Waals surface area contributed by atoms with Crippen LogP contribution in [0.15, 0.2) is 24.3 Å². The maximum Gasteiger partial charge on any atom is 0.235 e. The summed E-state index contributed by atoms with van der Waals surface area (Å²) in [5.41, 5.74) is 1.96. The number of amides is 1. The SMILES string of the molecule is O=C(CCl)NC1(CO)CCc2ccccc2C1. The number of carbonyl (C=O) groups excluding carboxylic acids is 1. The van der Waals surface area contributed by atoms with Crippen LogP contribution in [0.25, 0.3) is 0 Å². The lowest BCUT2D eigenvalue weighted by molar-refractivity contribution is -0.121. The highest BCUT2D eigenvalue weighted by Gasteiger charge is 2.34. The van der Waals surface area contributed by atoms with Crippen LogP contribution in [0.2, 0.25) is 0 Å². The second-order valence-corrected chi connectivity index (χ2v) is 4.83. The van der Waals surface area contributed by atoms with E-state index in [-0.39, 0.29) is 18.4 Å². The van der Waals surface area contributed by atoms with Crippen LogP contribution in [0.3, 0.4) is 0 Å². The van der Waals surface area contributed by atoms with E-state index < -0.39 is 5.54 Å². The smallest absolute Gasteiger partial charge is 0.235 e. The van der Waals surface area contributed by atoms with Crippen molar-refractivity contribution in [2.75, 3.05) is 12.5 Å². The van der Waals surface area contributed by atoms with Gasteiger partial charge < -0.3 is 10.4 Å². The van der Waals surface area contributed by atoms with Crippen LogP contribution < -0.4 is 5.32 Å². The molecular weight excluding hydrogens is 238 g/mol. The number of aryl methyl sites for hydroxylation is 1. The molecule has 0 bridgehead atoms. The molecule has 3 nitrogen and oxygen atoms in total. The van der Waals surface area contributed by atoms with E-state index in [1.807, 2.05) is 18.2 Å². The number of aliphatic hydroxyl groups is 1. The first-order valence-corrected chi connectivity index (χ1v) is 6.27. The average Bonchev–Trinajstić information content (AvgIpc) is 2.38. The number of nitrogens with one attached hydrogen (secondary N) is 1. The fourth-order valence-electron chi connectivity index (χ4n) is 2.41. The lowest BCUT2D eigenvalue weighted by Gasteiger charge is -2.37. The van der Waals surface area contributed by atoms with Crippen molar-refractivity contribution < 1.29 is 9.90 Å². The first kappa shape index (κ1) is 12.4. The van der Waals surface area contributed by atoms with E-state index in [2.05, 4.69) is 11.4 Å². The number of rotatable bonds is 3. The molecule has 0 fully saturated rings. The number of hydrogen-bond acceptors (Lipinski definition) is 2. The lowest BCUT2D eigenvalue weighted by Crippen LogP contribution is -2.55. The van der Waals surface area contributed by atoms with Gasteiger partial charge >= 0.3 is 0 Å². The molecule has 17 heavy (non-hydrogen) atoms. The molecule has 1 amide bonds. The molecule has 0 aliphatic heterocycles. The second kappa shape index (κ2) is 5.07. The van der Waals surface area contributed by atoms with E-state index in [4.69, 9.17) is 11.6 Å². The Morgan fingerprint density at radius 1 is 1.41 bits per heavy atom. The maximum absolute atomic E-state index is 11.4. The molecule has 0 spiro atoms. The highest BCUT2D eigenvalue weighted by atomic mass is 35.5. The summed E-state index contributed by atoms with van der Waals surface area (Å²) in [4.78, 5) is 11.4. The third-order valence-electron chi connectivity index (χ3n) is 3.35. The summed E-state index contributed by atoms with van der Waals surface area (Å²) in [6, 6.07) is 8.14. The molecule has 0 aromatic heterocycles. The summed E-state index contributed by atoms with van der Waals surface area (Å²) in [7, 11) is 0. The first-order valence-electron chi connectivity index (χ1n) is 5.74. The van der Waals surface area contributed by atoms with Crippen molar-refractivity contribution in [3.63, 3.8) is 0 Å². The molecule has 1 aliphatic rings. The summed E-state index contributed by atoms with van der Waals surface area (Å²) >= 11 is 5.50. The second-order valence-electron chi connectivity index (χ2n) is 4.57. The van der Waals surface area contributed by atoms with Crippen LogP contribution in [-0.4, -0.2) is 29.0 Å². The van der Waals surface area contributed by atoms with Gasteiger partial charge in [0.25, 0.3) is 0 Å². The van der Waals surface area contributed by atoms with Gasteiger partial charge in [-0.1, -0.05) is 24.3 Å². The van der Waals surface area contributed by atoms with Gasteiger partial charge in [-0.05, 0) is 30.4 Å². The number of halogens is 1. The topological polar surface area (TPSA) is 49.3 Å². The van der Waals surface area contributed by atoms with Gasteiger partial charge in [0.15, 0.2) is 0 Å². The predicted octanol–water partition coefficient (Wildman–Crippen LogP) is 1.26. The van der Waals surface area contributed by atoms with E-state index in [9.17, 15) is 9.90 Å². The number of alkyl halides is 1. The zero-order valence-electron chi connectivity index (χ0n) is 9.58. The molecule has 2 N–H and O–H groups in total. The molecule has 1 aromatic carbocycles. The summed E-state index contributed by atoms with van der Waals surface area (Å²) < 4.78 is 0. The van der Waals surface area contributed by atoms with Crippen molar-refractivity contribution in [1.29, 1.82) is 0 Å². The van der Waals surface area contributed by atoms with Gasteiger partial charge in [0.1, 0.15) is 5.88 Å².